The zero-order valence-corrected chi connectivity index (χ0v) is 11.5. The first-order chi connectivity index (χ1) is 9.72. The summed E-state index contributed by atoms with van der Waals surface area (Å²) in [6.07, 6.45) is 2.31. The summed E-state index contributed by atoms with van der Waals surface area (Å²) >= 11 is 1.32. The number of anilines is 1. The van der Waals surface area contributed by atoms with Crippen LogP contribution in [-0.4, -0.2) is 30.9 Å². The topological polar surface area (TPSA) is 77.5 Å². The summed E-state index contributed by atoms with van der Waals surface area (Å²) in [6, 6.07) is 4.71. The lowest BCUT2D eigenvalue weighted by Crippen LogP contribution is -2.20. The third-order valence-corrected chi connectivity index (χ3v) is 3.05. The molecule has 1 N–H and O–H groups in total. The van der Waals surface area contributed by atoms with E-state index in [1.807, 2.05) is 0 Å². The van der Waals surface area contributed by atoms with E-state index in [-0.39, 0.29) is 12.5 Å². The summed E-state index contributed by atoms with van der Waals surface area (Å²) in [6.45, 7) is -0.170. The van der Waals surface area contributed by atoms with E-state index >= 15 is 0 Å². The summed E-state index contributed by atoms with van der Waals surface area (Å²) in [7, 11) is 1.46. The first-order valence-corrected chi connectivity index (χ1v) is 6.56. The van der Waals surface area contributed by atoms with Crippen molar-refractivity contribution in [3.63, 3.8) is 0 Å². The highest BCUT2D eigenvalue weighted by Gasteiger charge is 2.09. The highest BCUT2D eigenvalue weighted by atomic mass is 32.1. The van der Waals surface area contributed by atoms with E-state index in [1.54, 1.807) is 29.8 Å². The summed E-state index contributed by atoms with van der Waals surface area (Å²) in [5.41, 5.74) is 0.474. The summed E-state index contributed by atoms with van der Waals surface area (Å²) in [5.74, 6) is 0.477. The number of amides is 1. The van der Waals surface area contributed by atoms with Gasteiger partial charge < -0.3 is 9.47 Å². The third-order valence-electron chi connectivity index (χ3n) is 2.36. The molecule has 0 fully saturated rings. The van der Waals surface area contributed by atoms with E-state index in [4.69, 9.17) is 9.47 Å². The average molecular weight is 292 g/mol. The maximum atomic E-state index is 11.6. The van der Waals surface area contributed by atoms with Gasteiger partial charge in [-0.3, -0.25) is 14.9 Å². The minimum absolute atomic E-state index is 0.170. The number of nitrogens with zero attached hydrogens (tertiary/aromatic N) is 1. The minimum Gasteiger partial charge on any atom is -0.493 e. The Bertz CT molecular complexity index is 598. The van der Waals surface area contributed by atoms with Gasteiger partial charge in [0, 0.05) is 17.1 Å². The van der Waals surface area contributed by atoms with Gasteiger partial charge >= 0.3 is 0 Å². The van der Waals surface area contributed by atoms with Crippen LogP contribution in [0, 0.1) is 0 Å². The van der Waals surface area contributed by atoms with Gasteiger partial charge in [0.15, 0.2) is 23.2 Å². The van der Waals surface area contributed by atoms with E-state index in [1.165, 1.54) is 18.4 Å². The molecule has 2 aromatic rings. The maximum Gasteiger partial charge on any atom is 0.264 e. The number of methoxy groups -OCH3 is 1. The van der Waals surface area contributed by atoms with Crippen LogP contribution < -0.4 is 14.8 Å². The first kappa shape index (κ1) is 14.0. The Kier molecular flexibility index (Phi) is 4.67. The first-order valence-electron chi connectivity index (χ1n) is 5.68. The third kappa shape index (κ3) is 3.55. The van der Waals surface area contributed by atoms with Crippen LogP contribution in [0.25, 0.3) is 0 Å². The lowest BCUT2D eigenvalue weighted by Gasteiger charge is -2.10. The number of benzene rings is 1. The molecule has 1 amide bonds. The fourth-order valence-electron chi connectivity index (χ4n) is 1.46. The smallest absolute Gasteiger partial charge is 0.264 e. The summed E-state index contributed by atoms with van der Waals surface area (Å²) < 4.78 is 10.5. The van der Waals surface area contributed by atoms with Gasteiger partial charge in [-0.1, -0.05) is 0 Å². The number of carbonyl (C=O) groups is 2. The molecular weight excluding hydrogens is 280 g/mol. The molecule has 1 aromatic carbocycles. The Morgan fingerprint density at radius 1 is 1.45 bits per heavy atom. The maximum absolute atomic E-state index is 11.6. The second kappa shape index (κ2) is 6.67. The van der Waals surface area contributed by atoms with Gasteiger partial charge in [-0.05, 0) is 18.2 Å². The quantitative estimate of drug-likeness (QED) is 0.824. The second-order valence-corrected chi connectivity index (χ2v) is 4.60. The molecule has 0 saturated heterocycles. The Morgan fingerprint density at radius 2 is 2.30 bits per heavy atom. The number of carbonyl (C=O) groups excluding carboxylic acids is 2. The number of ether oxygens (including phenoxy) is 2. The lowest BCUT2D eigenvalue weighted by molar-refractivity contribution is -0.118. The van der Waals surface area contributed by atoms with Crippen molar-refractivity contribution in [2.75, 3.05) is 19.0 Å². The van der Waals surface area contributed by atoms with Crippen LogP contribution in [0.15, 0.2) is 29.8 Å². The van der Waals surface area contributed by atoms with Gasteiger partial charge in [0.25, 0.3) is 5.91 Å². The molecule has 2 rings (SSSR count). The van der Waals surface area contributed by atoms with Crippen molar-refractivity contribution in [2.45, 2.75) is 0 Å². The molecule has 6 nitrogen and oxygen atoms in total. The van der Waals surface area contributed by atoms with E-state index in [0.29, 0.717) is 28.5 Å². The van der Waals surface area contributed by atoms with Gasteiger partial charge in [0.1, 0.15) is 6.29 Å². The largest absolute Gasteiger partial charge is 0.493 e. The molecule has 0 bridgehead atoms. The number of aromatic nitrogens is 1. The number of nitrogens with one attached hydrogen (secondary N) is 1. The molecule has 0 aliphatic rings. The Balaban J connectivity index is 1.96. The zero-order valence-electron chi connectivity index (χ0n) is 10.7. The molecule has 0 saturated carbocycles. The average Bonchev–Trinajstić information content (AvgIpc) is 2.97. The number of rotatable bonds is 6. The molecule has 7 heteroatoms. The SMILES string of the molecule is COc1cc(C=O)ccc1OCC(=O)Nc1nccs1. The van der Waals surface area contributed by atoms with Crippen molar-refractivity contribution in [3.8, 4) is 11.5 Å². The van der Waals surface area contributed by atoms with Crippen LogP contribution in [-0.2, 0) is 4.79 Å². The molecular formula is C13H12N2O4S. The molecule has 0 spiro atoms. The van der Waals surface area contributed by atoms with E-state index < -0.39 is 0 Å². The van der Waals surface area contributed by atoms with Crippen LogP contribution in [0.3, 0.4) is 0 Å². The molecule has 0 unspecified atom stereocenters. The van der Waals surface area contributed by atoms with E-state index in [2.05, 4.69) is 10.3 Å². The standard InChI is InChI=1S/C13H12N2O4S/c1-18-11-6-9(7-16)2-3-10(11)19-8-12(17)15-13-14-4-5-20-13/h2-7H,8H2,1H3,(H,14,15,17). The van der Waals surface area contributed by atoms with Gasteiger partial charge in [-0.15, -0.1) is 11.3 Å². The number of aldehydes is 1. The van der Waals surface area contributed by atoms with Crippen molar-refractivity contribution in [3.05, 3.63) is 35.3 Å². The fraction of sp³-hybridized carbons (Fsp3) is 0.154. The van der Waals surface area contributed by atoms with Crippen molar-refractivity contribution >= 4 is 28.7 Å². The molecule has 0 radical (unpaired) electrons. The number of hydrogen-bond acceptors (Lipinski definition) is 6. The predicted molar refractivity (Wildman–Crippen MR) is 74.6 cm³/mol. The fourth-order valence-corrected chi connectivity index (χ4v) is 2.01. The van der Waals surface area contributed by atoms with Crippen LogP contribution in [0.2, 0.25) is 0 Å². The van der Waals surface area contributed by atoms with E-state index in [9.17, 15) is 9.59 Å². The molecule has 0 atom stereocenters. The van der Waals surface area contributed by atoms with Crippen LogP contribution in [0.5, 0.6) is 11.5 Å². The molecule has 0 aliphatic carbocycles. The zero-order chi connectivity index (χ0) is 14.4. The normalized spacial score (nSPS) is 9.85. The highest BCUT2D eigenvalue weighted by molar-refractivity contribution is 7.13. The molecule has 104 valence electrons. The van der Waals surface area contributed by atoms with Crippen molar-refractivity contribution < 1.29 is 19.1 Å². The highest BCUT2D eigenvalue weighted by Crippen LogP contribution is 2.27. The van der Waals surface area contributed by atoms with Crippen LogP contribution >= 0.6 is 11.3 Å². The lowest BCUT2D eigenvalue weighted by atomic mass is 10.2. The minimum atomic E-state index is -0.318. The molecule has 20 heavy (non-hydrogen) atoms. The van der Waals surface area contributed by atoms with Gasteiger partial charge in [-0.25, -0.2) is 4.98 Å². The van der Waals surface area contributed by atoms with Crippen molar-refractivity contribution in [1.82, 2.24) is 4.98 Å². The number of thiazole rings is 1. The molecule has 1 heterocycles. The Morgan fingerprint density at radius 3 is 2.95 bits per heavy atom. The Hall–Kier alpha value is -2.41. The van der Waals surface area contributed by atoms with E-state index in [0.717, 1.165) is 0 Å². The summed E-state index contributed by atoms with van der Waals surface area (Å²) in [5, 5.41) is 4.88. The monoisotopic (exact) mass is 292 g/mol. The summed E-state index contributed by atoms with van der Waals surface area (Å²) in [4.78, 5) is 26.2. The van der Waals surface area contributed by atoms with Gasteiger partial charge in [0.05, 0.1) is 7.11 Å². The number of hydrogen-bond donors (Lipinski definition) is 1. The van der Waals surface area contributed by atoms with Gasteiger partial charge in [-0.2, -0.15) is 0 Å². The molecule has 0 aliphatic heterocycles. The van der Waals surface area contributed by atoms with Crippen LogP contribution in [0.4, 0.5) is 5.13 Å². The van der Waals surface area contributed by atoms with Crippen LogP contribution in [0.1, 0.15) is 10.4 Å². The molecule has 1 aromatic heterocycles. The van der Waals surface area contributed by atoms with Crippen molar-refractivity contribution in [2.24, 2.45) is 0 Å². The second-order valence-electron chi connectivity index (χ2n) is 3.70. The van der Waals surface area contributed by atoms with Gasteiger partial charge in [0.2, 0.25) is 0 Å². The predicted octanol–water partition coefficient (Wildman–Crippen LogP) is 1.98. The Labute approximate surface area is 119 Å². The van der Waals surface area contributed by atoms with Crippen molar-refractivity contribution in [1.29, 1.82) is 0 Å².